The van der Waals surface area contributed by atoms with Crippen LogP contribution in [0.3, 0.4) is 0 Å². The quantitative estimate of drug-likeness (QED) is 0.704. The van der Waals surface area contributed by atoms with E-state index in [9.17, 15) is 15.3 Å². The van der Waals surface area contributed by atoms with E-state index in [0.717, 1.165) is 0 Å². The molecule has 0 rings (SSSR count). The summed E-state index contributed by atoms with van der Waals surface area (Å²) in [4.78, 5) is 9.24. The smallest absolute Gasteiger partial charge is 0.248 e. The number of halogens is 1. The van der Waals surface area contributed by atoms with E-state index in [1.54, 1.807) is 19.1 Å². The number of hydrogen-bond acceptors (Lipinski definition) is 5. The van der Waals surface area contributed by atoms with Gasteiger partial charge in [0, 0.05) is 0 Å². The van der Waals surface area contributed by atoms with E-state index < -0.39 is 22.0 Å². The van der Waals surface area contributed by atoms with Crippen molar-refractivity contribution < 1.29 is 4.79 Å². The Morgan fingerprint density at radius 3 is 1.83 bits per heavy atom. The van der Waals surface area contributed by atoms with E-state index >= 15 is 0 Å². The normalized spacial score (nSPS) is 12.4. The summed E-state index contributed by atoms with van der Waals surface area (Å²) in [5.41, 5.74) is -2.17. The maximum absolute atomic E-state index is 11.6. The van der Waals surface area contributed by atoms with E-state index in [1.165, 1.54) is 19.1 Å². The second kappa shape index (κ2) is 6.02. The van der Waals surface area contributed by atoms with Crippen molar-refractivity contribution in [2.24, 2.45) is 11.3 Å². The molecule has 0 fully saturated rings. The average Bonchev–Trinajstić information content (AvgIpc) is 2.38. The fraction of sp³-hybridized carbons (Fsp3) is 0.583. The highest BCUT2D eigenvalue weighted by Gasteiger charge is 2.59. The van der Waals surface area contributed by atoms with Crippen LogP contribution in [0, 0.1) is 56.7 Å². The first-order chi connectivity index (χ1) is 8.38. The molecule has 0 bridgehead atoms. The lowest BCUT2D eigenvalue weighted by atomic mass is 9.66. The molecular weight excluding hydrogens is 252 g/mol. The van der Waals surface area contributed by atoms with E-state index in [4.69, 9.17) is 22.1 Å². The van der Waals surface area contributed by atoms with Gasteiger partial charge in [-0.2, -0.15) is 21.0 Å². The minimum absolute atomic E-state index is 0.217. The molecule has 18 heavy (non-hydrogen) atoms. The van der Waals surface area contributed by atoms with Crippen molar-refractivity contribution in [2.45, 2.75) is 31.6 Å². The van der Waals surface area contributed by atoms with Gasteiger partial charge < -0.3 is 0 Å². The third kappa shape index (κ3) is 2.28. The molecule has 0 amide bonds. The average molecular weight is 263 g/mol. The Balaban J connectivity index is 6.09. The van der Waals surface area contributed by atoms with Crippen LogP contribution in [-0.2, 0) is 4.79 Å². The summed E-state index contributed by atoms with van der Waals surface area (Å²) in [6, 6.07) is 6.17. The van der Waals surface area contributed by atoms with Crippen molar-refractivity contribution in [3.05, 3.63) is 0 Å². The molecule has 1 unspecified atom stereocenters. The number of Topliss-reactive ketones (excluding diaryl/α,β-unsaturated/α-hetero) is 1. The third-order valence-electron chi connectivity index (χ3n) is 2.79. The van der Waals surface area contributed by atoms with E-state index in [-0.39, 0.29) is 6.42 Å². The predicted octanol–water partition coefficient (Wildman–Crippen LogP) is 2.05. The second-order valence-corrected chi connectivity index (χ2v) is 4.43. The van der Waals surface area contributed by atoms with E-state index in [1.807, 2.05) is 0 Å². The predicted molar refractivity (Wildman–Crippen MR) is 62.5 cm³/mol. The second-order valence-electron chi connectivity index (χ2n) is 3.87. The van der Waals surface area contributed by atoms with Crippen molar-refractivity contribution in [1.82, 2.24) is 0 Å². The third-order valence-corrected chi connectivity index (χ3v) is 3.26. The largest absolute Gasteiger partial charge is 0.300 e. The minimum Gasteiger partial charge on any atom is -0.300 e. The molecule has 0 aliphatic rings. The van der Waals surface area contributed by atoms with Gasteiger partial charge in [0.25, 0.3) is 0 Å². The summed E-state index contributed by atoms with van der Waals surface area (Å²) in [7, 11) is 0. The Hall–Kier alpha value is -2.08. The first-order valence-corrected chi connectivity index (χ1v) is 5.61. The van der Waals surface area contributed by atoms with E-state index in [2.05, 4.69) is 0 Å². The van der Waals surface area contributed by atoms with Crippen molar-refractivity contribution >= 4 is 17.4 Å². The summed E-state index contributed by atoms with van der Waals surface area (Å²) >= 11 is 5.79. The number of nitriles is 4. The van der Waals surface area contributed by atoms with Crippen LogP contribution in [0.2, 0.25) is 0 Å². The first-order valence-electron chi connectivity index (χ1n) is 5.23. The topological polar surface area (TPSA) is 112 Å². The van der Waals surface area contributed by atoms with Gasteiger partial charge in [-0.1, -0.05) is 24.9 Å². The molecule has 0 heterocycles. The zero-order chi connectivity index (χ0) is 14.4. The standard InChI is InChI=1S/C12H11ClN4O/c1-3-4-10(9(2)18)11(5-14,6-15)12(13,7-16)8-17/h10H,3-4H2,1-2H3. The molecule has 1 atom stereocenters. The van der Waals surface area contributed by atoms with Crippen LogP contribution in [-0.4, -0.2) is 10.7 Å². The molecule has 92 valence electrons. The van der Waals surface area contributed by atoms with Crippen LogP contribution < -0.4 is 0 Å². The summed E-state index contributed by atoms with van der Waals surface area (Å²) < 4.78 is 0. The molecule has 5 nitrogen and oxygen atoms in total. The van der Waals surface area contributed by atoms with Crippen LogP contribution in [0.4, 0.5) is 0 Å². The van der Waals surface area contributed by atoms with Gasteiger partial charge in [0.15, 0.2) is 5.41 Å². The Bertz CT molecular complexity index is 472. The number of ketones is 1. The SMILES string of the molecule is CCCC(C(C)=O)C(C#N)(C#N)C(Cl)(C#N)C#N. The lowest BCUT2D eigenvalue weighted by Crippen LogP contribution is -2.48. The number of rotatable bonds is 5. The Morgan fingerprint density at radius 2 is 1.61 bits per heavy atom. The summed E-state index contributed by atoms with van der Waals surface area (Å²) in [6.07, 6.45) is 0.744. The van der Waals surface area contributed by atoms with Crippen molar-refractivity contribution in [1.29, 1.82) is 21.0 Å². The number of carbonyl (C=O) groups is 1. The molecule has 0 saturated heterocycles. The molecule has 0 aromatic rings. The fourth-order valence-corrected chi connectivity index (χ4v) is 2.01. The zero-order valence-corrected chi connectivity index (χ0v) is 10.8. The number of nitrogens with zero attached hydrogens (tertiary/aromatic N) is 4. The van der Waals surface area contributed by atoms with Crippen molar-refractivity contribution in [2.75, 3.05) is 0 Å². The van der Waals surface area contributed by atoms with Gasteiger partial charge in [0.05, 0.1) is 18.1 Å². The summed E-state index contributed by atoms with van der Waals surface area (Å²) in [6.45, 7) is 2.99. The highest BCUT2D eigenvalue weighted by molar-refractivity contribution is 6.29. The molecule has 0 aromatic carbocycles. The van der Waals surface area contributed by atoms with Crippen LogP contribution in [0.5, 0.6) is 0 Å². The van der Waals surface area contributed by atoms with Gasteiger partial charge in [-0.05, 0) is 13.3 Å². The zero-order valence-electron chi connectivity index (χ0n) is 10.1. The van der Waals surface area contributed by atoms with Crippen molar-refractivity contribution in [3.63, 3.8) is 0 Å². The molecular formula is C12H11ClN4O. The van der Waals surface area contributed by atoms with Crippen LogP contribution in [0.1, 0.15) is 26.7 Å². The van der Waals surface area contributed by atoms with Gasteiger partial charge in [-0.3, -0.25) is 4.79 Å². The van der Waals surface area contributed by atoms with Gasteiger partial charge >= 0.3 is 0 Å². The van der Waals surface area contributed by atoms with Crippen LogP contribution >= 0.6 is 11.6 Å². The first kappa shape index (κ1) is 15.9. The maximum atomic E-state index is 11.6. The lowest BCUT2D eigenvalue weighted by molar-refractivity contribution is -0.123. The Kier molecular flexibility index (Phi) is 5.32. The van der Waals surface area contributed by atoms with Gasteiger partial charge in [0.1, 0.15) is 17.9 Å². The Morgan fingerprint density at radius 1 is 1.17 bits per heavy atom. The number of alkyl halides is 1. The van der Waals surface area contributed by atoms with Crippen molar-refractivity contribution in [3.8, 4) is 24.3 Å². The molecule has 0 spiro atoms. The fourth-order valence-electron chi connectivity index (χ4n) is 1.79. The maximum Gasteiger partial charge on any atom is 0.248 e. The molecule has 0 radical (unpaired) electrons. The molecule has 6 heteroatoms. The molecule has 0 aliphatic heterocycles. The van der Waals surface area contributed by atoms with Crippen LogP contribution in [0.15, 0.2) is 0 Å². The summed E-state index contributed by atoms with van der Waals surface area (Å²) in [5, 5.41) is 36.3. The van der Waals surface area contributed by atoms with Gasteiger partial charge in [-0.15, -0.1) is 0 Å². The monoisotopic (exact) mass is 262 g/mol. The van der Waals surface area contributed by atoms with Gasteiger partial charge in [0.2, 0.25) is 4.87 Å². The summed E-state index contributed by atoms with van der Waals surface area (Å²) in [5.74, 6) is -1.50. The molecule has 0 aromatic heterocycles. The lowest BCUT2D eigenvalue weighted by Gasteiger charge is -2.32. The van der Waals surface area contributed by atoms with Gasteiger partial charge in [-0.25, -0.2) is 0 Å². The highest BCUT2D eigenvalue weighted by Crippen LogP contribution is 2.44. The van der Waals surface area contributed by atoms with Crippen LogP contribution in [0.25, 0.3) is 0 Å². The molecule has 0 aliphatic carbocycles. The highest BCUT2D eigenvalue weighted by atomic mass is 35.5. The molecule has 0 N–H and O–H groups in total. The number of hydrogen-bond donors (Lipinski definition) is 0. The number of carbonyl (C=O) groups excluding carboxylic acids is 1. The molecule has 0 saturated carbocycles. The minimum atomic E-state index is -2.36. The Labute approximate surface area is 111 Å². The van der Waals surface area contributed by atoms with E-state index in [0.29, 0.717) is 6.42 Å².